The van der Waals surface area contributed by atoms with Crippen molar-refractivity contribution in [3.8, 4) is 6.07 Å². The van der Waals surface area contributed by atoms with E-state index in [1.54, 1.807) is 0 Å². The van der Waals surface area contributed by atoms with Gasteiger partial charge in [-0.25, -0.2) is 0 Å². The highest BCUT2D eigenvalue weighted by Crippen LogP contribution is 2.28. The van der Waals surface area contributed by atoms with Gasteiger partial charge in [0.25, 0.3) is 0 Å². The molecular weight excluding hydrogens is 212 g/mol. The normalized spacial score (nSPS) is 15.8. The Morgan fingerprint density at radius 2 is 2.18 bits per heavy atom. The smallest absolute Gasteiger partial charge is 0.0621 e. The van der Waals surface area contributed by atoms with Crippen LogP contribution in [0.1, 0.15) is 46.0 Å². The number of rotatable bonds is 10. The summed E-state index contributed by atoms with van der Waals surface area (Å²) >= 11 is 0. The summed E-state index contributed by atoms with van der Waals surface area (Å²) < 4.78 is 5.57. The van der Waals surface area contributed by atoms with E-state index in [1.807, 2.05) is 0 Å². The highest BCUT2D eigenvalue weighted by Gasteiger charge is 2.20. The van der Waals surface area contributed by atoms with Crippen LogP contribution >= 0.6 is 0 Å². The second-order valence-electron chi connectivity index (χ2n) is 5.87. The standard InChI is InChI=1S/C14H26N2O/c1-14(2,7-3-8-15)12-16-9-4-10-17-11-13-5-6-13/h13,16H,3-7,9-12H2,1-2H3. The van der Waals surface area contributed by atoms with Gasteiger partial charge in [-0.1, -0.05) is 13.8 Å². The molecule has 1 aliphatic rings. The molecule has 17 heavy (non-hydrogen) atoms. The molecular formula is C14H26N2O. The van der Waals surface area contributed by atoms with Gasteiger partial charge in [-0.15, -0.1) is 0 Å². The van der Waals surface area contributed by atoms with E-state index in [-0.39, 0.29) is 5.41 Å². The molecule has 0 unspecified atom stereocenters. The van der Waals surface area contributed by atoms with Crippen LogP contribution in [0.2, 0.25) is 0 Å². The lowest BCUT2D eigenvalue weighted by molar-refractivity contribution is 0.121. The van der Waals surface area contributed by atoms with Gasteiger partial charge in [0.15, 0.2) is 0 Å². The predicted octanol–water partition coefficient (Wildman–Crippen LogP) is 2.72. The third kappa shape index (κ3) is 8.18. The van der Waals surface area contributed by atoms with Crippen molar-refractivity contribution >= 4 is 0 Å². The van der Waals surface area contributed by atoms with Crippen LogP contribution < -0.4 is 5.32 Å². The van der Waals surface area contributed by atoms with Crippen LogP contribution in [0.15, 0.2) is 0 Å². The number of hydrogen-bond acceptors (Lipinski definition) is 3. The van der Waals surface area contributed by atoms with Crippen molar-refractivity contribution in [1.82, 2.24) is 5.32 Å². The van der Waals surface area contributed by atoms with E-state index in [0.717, 1.165) is 45.1 Å². The molecule has 0 atom stereocenters. The predicted molar refractivity (Wildman–Crippen MR) is 69.7 cm³/mol. The van der Waals surface area contributed by atoms with Crippen molar-refractivity contribution in [2.45, 2.75) is 46.0 Å². The molecule has 0 aromatic carbocycles. The van der Waals surface area contributed by atoms with Gasteiger partial charge in [0, 0.05) is 26.2 Å². The second kappa shape index (κ2) is 7.68. The Hall–Kier alpha value is -0.590. The molecule has 0 spiro atoms. The lowest BCUT2D eigenvalue weighted by Crippen LogP contribution is -2.30. The van der Waals surface area contributed by atoms with E-state index in [9.17, 15) is 0 Å². The minimum Gasteiger partial charge on any atom is -0.381 e. The van der Waals surface area contributed by atoms with Gasteiger partial charge in [-0.2, -0.15) is 5.26 Å². The molecule has 0 aliphatic heterocycles. The maximum absolute atomic E-state index is 8.56. The quantitative estimate of drug-likeness (QED) is 0.595. The van der Waals surface area contributed by atoms with Crippen molar-refractivity contribution in [3.05, 3.63) is 0 Å². The average molecular weight is 238 g/mol. The molecule has 1 N–H and O–H groups in total. The molecule has 0 saturated heterocycles. The Labute approximate surface area is 106 Å². The highest BCUT2D eigenvalue weighted by molar-refractivity contribution is 4.78. The summed E-state index contributed by atoms with van der Waals surface area (Å²) in [5.74, 6) is 0.868. The zero-order valence-electron chi connectivity index (χ0n) is 11.3. The van der Waals surface area contributed by atoms with E-state index in [2.05, 4.69) is 25.2 Å². The molecule has 1 aliphatic carbocycles. The van der Waals surface area contributed by atoms with Crippen LogP contribution in [0.3, 0.4) is 0 Å². The summed E-state index contributed by atoms with van der Waals surface area (Å²) in [7, 11) is 0. The van der Waals surface area contributed by atoms with Gasteiger partial charge < -0.3 is 10.1 Å². The van der Waals surface area contributed by atoms with Gasteiger partial charge in [0.05, 0.1) is 6.07 Å². The average Bonchev–Trinajstić information content (AvgIpc) is 3.09. The van der Waals surface area contributed by atoms with E-state index in [4.69, 9.17) is 10.00 Å². The molecule has 0 aromatic heterocycles. The summed E-state index contributed by atoms with van der Waals surface area (Å²) in [4.78, 5) is 0. The van der Waals surface area contributed by atoms with Crippen molar-refractivity contribution in [2.75, 3.05) is 26.3 Å². The van der Waals surface area contributed by atoms with Crippen LogP contribution in [0.5, 0.6) is 0 Å². The van der Waals surface area contributed by atoms with Gasteiger partial charge in [-0.05, 0) is 43.6 Å². The fraction of sp³-hybridized carbons (Fsp3) is 0.929. The molecule has 1 saturated carbocycles. The third-order valence-corrected chi connectivity index (χ3v) is 3.21. The Morgan fingerprint density at radius 3 is 2.82 bits per heavy atom. The molecule has 0 aromatic rings. The Balaban J connectivity index is 1.86. The molecule has 3 nitrogen and oxygen atoms in total. The lowest BCUT2D eigenvalue weighted by atomic mass is 9.88. The second-order valence-corrected chi connectivity index (χ2v) is 5.87. The molecule has 98 valence electrons. The first-order valence-electron chi connectivity index (χ1n) is 6.79. The maximum atomic E-state index is 8.56. The van der Waals surface area contributed by atoms with Crippen LogP contribution in [0.4, 0.5) is 0 Å². The molecule has 0 heterocycles. The Morgan fingerprint density at radius 1 is 1.41 bits per heavy atom. The minimum absolute atomic E-state index is 0.227. The zero-order chi connectivity index (χ0) is 12.6. The molecule has 0 radical (unpaired) electrons. The minimum atomic E-state index is 0.227. The third-order valence-electron chi connectivity index (χ3n) is 3.21. The van der Waals surface area contributed by atoms with Crippen LogP contribution in [0, 0.1) is 22.7 Å². The van der Waals surface area contributed by atoms with E-state index in [1.165, 1.54) is 12.8 Å². The SMILES string of the molecule is CC(C)(CCC#N)CNCCCOCC1CC1. The first-order valence-corrected chi connectivity index (χ1v) is 6.79. The first kappa shape index (κ1) is 14.5. The topological polar surface area (TPSA) is 45.0 Å². The molecule has 1 rings (SSSR count). The van der Waals surface area contributed by atoms with E-state index in [0.29, 0.717) is 6.42 Å². The Bertz CT molecular complexity index is 241. The van der Waals surface area contributed by atoms with Gasteiger partial charge in [-0.3, -0.25) is 0 Å². The molecule has 1 fully saturated rings. The summed E-state index contributed by atoms with van der Waals surface area (Å²) in [6, 6.07) is 2.21. The van der Waals surface area contributed by atoms with Gasteiger partial charge in [0.2, 0.25) is 0 Å². The summed E-state index contributed by atoms with van der Waals surface area (Å²) in [5, 5.41) is 12.0. The van der Waals surface area contributed by atoms with Crippen molar-refractivity contribution in [3.63, 3.8) is 0 Å². The van der Waals surface area contributed by atoms with Crippen molar-refractivity contribution < 1.29 is 4.74 Å². The number of nitrogens with one attached hydrogen (secondary N) is 1. The fourth-order valence-electron chi connectivity index (χ4n) is 1.74. The van der Waals surface area contributed by atoms with Gasteiger partial charge >= 0.3 is 0 Å². The number of ether oxygens (including phenoxy) is 1. The lowest BCUT2D eigenvalue weighted by Gasteiger charge is -2.23. The molecule has 0 amide bonds. The number of nitriles is 1. The largest absolute Gasteiger partial charge is 0.381 e. The Kier molecular flexibility index (Phi) is 6.54. The van der Waals surface area contributed by atoms with Crippen LogP contribution in [-0.2, 0) is 4.74 Å². The molecule has 3 heteroatoms. The monoisotopic (exact) mass is 238 g/mol. The summed E-state index contributed by atoms with van der Waals surface area (Å²) in [5.41, 5.74) is 0.227. The highest BCUT2D eigenvalue weighted by atomic mass is 16.5. The molecule has 0 bridgehead atoms. The maximum Gasteiger partial charge on any atom is 0.0621 e. The first-order chi connectivity index (χ1) is 8.14. The number of nitrogens with zero attached hydrogens (tertiary/aromatic N) is 1. The van der Waals surface area contributed by atoms with Crippen molar-refractivity contribution in [2.24, 2.45) is 11.3 Å². The zero-order valence-corrected chi connectivity index (χ0v) is 11.3. The van der Waals surface area contributed by atoms with Crippen molar-refractivity contribution in [1.29, 1.82) is 5.26 Å². The fourth-order valence-corrected chi connectivity index (χ4v) is 1.74. The van der Waals surface area contributed by atoms with E-state index >= 15 is 0 Å². The van der Waals surface area contributed by atoms with E-state index < -0.39 is 0 Å². The van der Waals surface area contributed by atoms with Crippen LogP contribution in [-0.4, -0.2) is 26.3 Å². The van der Waals surface area contributed by atoms with Gasteiger partial charge in [0.1, 0.15) is 0 Å². The van der Waals surface area contributed by atoms with Crippen LogP contribution in [0.25, 0.3) is 0 Å². The number of hydrogen-bond donors (Lipinski definition) is 1. The summed E-state index contributed by atoms with van der Waals surface area (Å²) in [6.07, 6.45) is 5.44. The summed E-state index contributed by atoms with van der Waals surface area (Å²) in [6.45, 7) is 8.26.